The van der Waals surface area contributed by atoms with Gasteiger partial charge in [0.2, 0.25) is 0 Å². The van der Waals surface area contributed by atoms with Gasteiger partial charge in [-0.3, -0.25) is 4.98 Å². The van der Waals surface area contributed by atoms with Crippen LogP contribution in [-0.2, 0) is 0 Å². The zero-order chi connectivity index (χ0) is 13.2. The van der Waals surface area contributed by atoms with E-state index in [1.807, 2.05) is 0 Å². The number of rotatable bonds is 4. The average molecular weight is 250 g/mol. The van der Waals surface area contributed by atoms with Crippen LogP contribution in [0.15, 0.2) is 18.3 Å². The lowest BCUT2D eigenvalue weighted by Crippen LogP contribution is -2.40. The van der Waals surface area contributed by atoms with Crippen LogP contribution in [0.2, 0.25) is 0 Å². The van der Waals surface area contributed by atoms with E-state index in [-0.39, 0.29) is 11.9 Å². The second-order valence-corrected chi connectivity index (χ2v) is 5.96. The lowest BCUT2D eigenvalue weighted by molar-refractivity contribution is 0.257. The fraction of sp³-hybridized carbons (Fsp3) is 0.667. The Morgan fingerprint density at radius 3 is 2.78 bits per heavy atom. The van der Waals surface area contributed by atoms with E-state index in [2.05, 4.69) is 31.1 Å². The molecule has 0 saturated heterocycles. The number of nitrogens with one attached hydrogen (secondary N) is 1. The van der Waals surface area contributed by atoms with Gasteiger partial charge in [-0.25, -0.2) is 4.39 Å². The van der Waals surface area contributed by atoms with E-state index in [1.54, 1.807) is 6.07 Å². The first-order chi connectivity index (χ1) is 8.53. The summed E-state index contributed by atoms with van der Waals surface area (Å²) in [6.45, 7) is 6.79. The molecule has 1 heterocycles. The number of pyridine rings is 1. The Labute approximate surface area is 109 Å². The van der Waals surface area contributed by atoms with Crippen LogP contribution in [0.25, 0.3) is 0 Å². The highest BCUT2D eigenvalue weighted by Gasteiger charge is 2.35. The summed E-state index contributed by atoms with van der Waals surface area (Å²) < 4.78 is 12.9. The molecule has 1 saturated carbocycles. The van der Waals surface area contributed by atoms with Crippen molar-refractivity contribution >= 4 is 0 Å². The van der Waals surface area contributed by atoms with E-state index in [4.69, 9.17) is 0 Å². The summed E-state index contributed by atoms with van der Waals surface area (Å²) in [6, 6.07) is 4.05. The van der Waals surface area contributed by atoms with Crippen molar-refractivity contribution in [2.24, 2.45) is 5.41 Å². The molecule has 1 N–H and O–H groups in total. The third-order valence-corrected chi connectivity index (χ3v) is 4.18. The number of halogens is 1. The first-order valence-electron chi connectivity index (χ1n) is 6.90. The van der Waals surface area contributed by atoms with Gasteiger partial charge < -0.3 is 5.32 Å². The van der Waals surface area contributed by atoms with Gasteiger partial charge in [-0.05, 0) is 36.8 Å². The van der Waals surface area contributed by atoms with Gasteiger partial charge in [-0.15, -0.1) is 0 Å². The molecule has 0 amide bonds. The van der Waals surface area contributed by atoms with Crippen LogP contribution in [0.4, 0.5) is 4.39 Å². The molecule has 1 aromatic heterocycles. The Balaban J connectivity index is 2.08. The maximum Gasteiger partial charge on any atom is 0.141 e. The van der Waals surface area contributed by atoms with Crippen LogP contribution in [0, 0.1) is 11.2 Å². The SMILES string of the molecule is CCC(NC1CCCC1(C)C)c1ccc(F)cn1. The molecular weight excluding hydrogens is 227 g/mol. The molecule has 1 aromatic rings. The maximum atomic E-state index is 12.9. The van der Waals surface area contributed by atoms with E-state index < -0.39 is 0 Å². The van der Waals surface area contributed by atoms with Gasteiger partial charge in [-0.2, -0.15) is 0 Å². The highest BCUT2D eigenvalue weighted by molar-refractivity contribution is 5.10. The van der Waals surface area contributed by atoms with Crippen LogP contribution in [0.5, 0.6) is 0 Å². The minimum absolute atomic E-state index is 0.230. The van der Waals surface area contributed by atoms with Gasteiger partial charge in [0.25, 0.3) is 0 Å². The van der Waals surface area contributed by atoms with Crippen molar-refractivity contribution in [2.75, 3.05) is 0 Å². The lowest BCUT2D eigenvalue weighted by atomic mass is 9.86. The van der Waals surface area contributed by atoms with Crippen molar-refractivity contribution in [1.29, 1.82) is 0 Å². The molecule has 3 heteroatoms. The molecule has 100 valence electrons. The molecule has 0 aliphatic heterocycles. The van der Waals surface area contributed by atoms with Crippen LogP contribution in [-0.4, -0.2) is 11.0 Å². The fourth-order valence-corrected chi connectivity index (χ4v) is 2.88. The molecule has 0 aromatic carbocycles. The Hall–Kier alpha value is -0.960. The monoisotopic (exact) mass is 250 g/mol. The van der Waals surface area contributed by atoms with E-state index in [1.165, 1.54) is 31.5 Å². The third kappa shape index (κ3) is 2.89. The summed E-state index contributed by atoms with van der Waals surface area (Å²) in [4.78, 5) is 4.20. The first-order valence-corrected chi connectivity index (χ1v) is 6.90. The first kappa shape index (κ1) is 13.5. The highest BCUT2D eigenvalue weighted by Crippen LogP contribution is 2.38. The molecule has 0 radical (unpaired) electrons. The molecular formula is C15H23FN2. The van der Waals surface area contributed by atoms with Crippen molar-refractivity contribution in [2.45, 2.75) is 58.5 Å². The van der Waals surface area contributed by atoms with Crippen molar-refractivity contribution in [1.82, 2.24) is 10.3 Å². The Morgan fingerprint density at radius 1 is 1.50 bits per heavy atom. The minimum Gasteiger partial charge on any atom is -0.305 e. The smallest absolute Gasteiger partial charge is 0.141 e. The molecule has 1 aliphatic rings. The van der Waals surface area contributed by atoms with Crippen LogP contribution < -0.4 is 5.32 Å². The molecule has 18 heavy (non-hydrogen) atoms. The molecule has 0 spiro atoms. The summed E-state index contributed by atoms with van der Waals surface area (Å²) in [5, 5.41) is 3.71. The Kier molecular flexibility index (Phi) is 4.00. The predicted octanol–water partition coefficient (Wildman–Crippen LogP) is 3.84. The average Bonchev–Trinajstić information content (AvgIpc) is 2.67. The second-order valence-electron chi connectivity index (χ2n) is 5.96. The predicted molar refractivity (Wildman–Crippen MR) is 71.8 cm³/mol. The van der Waals surface area contributed by atoms with Crippen LogP contribution in [0.3, 0.4) is 0 Å². The molecule has 2 unspecified atom stereocenters. The summed E-state index contributed by atoms with van der Waals surface area (Å²) in [5.74, 6) is -0.269. The maximum absolute atomic E-state index is 12.9. The third-order valence-electron chi connectivity index (χ3n) is 4.18. The Morgan fingerprint density at radius 2 is 2.28 bits per heavy atom. The molecule has 1 aliphatic carbocycles. The van der Waals surface area contributed by atoms with E-state index in [9.17, 15) is 4.39 Å². The van der Waals surface area contributed by atoms with E-state index in [0.717, 1.165) is 12.1 Å². The second kappa shape index (κ2) is 5.35. The number of hydrogen-bond acceptors (Lipinski definition) is 2. The number of aromatic nitrogens is 1. The van der Waals surface area contributed by atoms with Crippen molar-refractivity contribution in [3.05, 3.63) is 29.8 Å². The molecule has 2 rings (SSSR count). The summed E-state index contributed by atoms with van der Waals surface area (Å²) in [5.41, 5.74) is 1.30. The zero-order valence-electron chi connectivity index (χ0n) is 11.5. The van der Waals surface area contributed by atoms with Crippen molar-refractivity contribution < 1.29 is 4.39 Å². The fourth-order valence-electron chi connectivity index (χ4n) is 2.88. The highest BCUT2D eigenvalue weighted by atomic mass is 19.1. The quantitative estimate of drug-likeness (QED) is 0.878. The zero-order valence-corrected chi connectivity index (χ0v) is 11.5. The molecule has 2 atom stereocenters. The van der Waals surface area contributed by atoms with E-state index >= 15 is 0 Å². The summed E-state index contributed by atoms with van der Waals surface area (Å²) in [6.07, 6.45) is 6.07. The van der Waals surface area contributed by atoms with Crippen LogP contribution in [0.1, 0.15) is 58.2 Å². The topological polar surface area (TPSA) is 24.9 Å². The molecule has 0 bridgehead atoms. The summed E-state index contributed by atoms with van der Waals surface area (Å²) in [7, 11) is 0. The molecule has 2 nitrogen and oxygen atoms in total. The number of hydrogen-bond donors (Lipinski definition) is 1. The van der Waals surface area contributed by atoms with Gasteiger partial charge in [-0.1, -0.05) is 27.2 Å². The van der Waals surface area contributed by atoms with Gasteiger partial charge in [0.05, 0.1) is 11.9 Å². The van der Waals surface area contributed by atoms with Crippen LogP contribution >= 0.6 is 0 Å². The normalized spacial score (nSPS) is 24.1. The largest absolute Gasteiger partial charge is 0.305 e. The van der Waals surface area contributed by atoms with Crippen molar-refractivity contribution in [3.8, 4) is 0 Å². The molecule has 1 fully saturated rings. The van der Waals surface area contributed by atoms with Gasteiger partial charge >= 0.3 is 0 Å². The number of nitrogens with zero attached hydrogens (tertiary/aromatic N) is 1. The summed E-state index contributed by atoms with van der Waals surface area (Å²) >= 11 is 0. The Bertz CT molecular complexity index is 386. The lowest BCUT2D eigenvalue weighted by Gasteiger charge is -2.31. The minimum atomic E-state index is -0.269. The van der Waals surface area contributed by atoms with Gasteiger partial charge in [0, 0.05) is 12.1 Å². The van der Waals surface area contributed by atoms with Crippen molar-refractivity contribution in [3.63, 3.8) is 0 Å². The van der Waals surface area contributed by atoms with Gasteiger partial charge in [0.15, 0.2) is 0 Å². The van der Waals surface area contributed by atoms with E-state index in [0.29, 0.717) is 11.5 Å². The van der Waals surface area contributed by atoms with Gasteiger partial charge in [0.1, 0.15) is 5.82 Å². The standard InChI is InChI=1S/C15H23FN2/c1-4-12(13-8-7-11(16)10-17-13)18-14-6-5-9-15(14,2)3/h7-8,10,12,14,18H,4-6,9H2,1-3H3.